The Balaban J connectivity index is 1.37. The van der Waals surface area contributed by atoms with E-state index in [0.717, 1.165) is 64.4 Å². The van der Waals surface area contributed by atoms with Crippen LogP contribution in [0.25, 0.3) is 21.7 Å². The van der Waals surface area contributed by atoms with E-state index in [1.54, 1.807) is 0 Å². The van der Waals surface area contributed by atoms with Gasteiger partial charge in [-0.15, -0.1) is 0 Å². The minimum atomic E-state index is -0.0974. The van der Waals surface area contributed by atoms with Crippen molar-refractivity contribution in [3.63, 3.8) is 0 Å². The summed E-state index contributed by atoms with van der Waals surface area (Å²) in [5, 5.41) is 14.3. The highest BCUT2D eigenvalue weighted by Crippen LogP contribution is 2.30. The van der Waals surface area contributed by atoms with Gasteiger partial charge in [-0.3, -0.25) is 10.2 Å². The molecule has 1 heterocycles. The molecule has 0 atom stereocenters. The fourth-order valence-electron chi connectivity index (χ4n) is 5.63. The van der Waals surface area contributed by atoms with Crippen LogP contribution in [0.15, 0.2) is 91.0 Å². The Morgan fingerprint density at radius 3 is 2.45 bits per heavy atom. The Labute approximate surface area is 233 Å². The van der Waals surface area contributed by atoms with Crippen LogP contribution in [-0.4, -0.2) is 28.4 Å². The smallest absolute Gasteiger partial charge is 0.268 e. The summed E-state index contributed by atoms with van der Waals surface area (Å²) in [6, 6.07) is 29.9. The second-order valence-electron chi connectivity index (χ2n) is 10.6. The molecule has 5 aromatic rings. The van der Waals surface area contributed by atoms with E-state index in [0.29, 0.717) is 17.8 Å². The first kappa shape index (κ1) is 25.6. The Bertz CT molecular complexity index is 1700. The molecule has 202 valence electrons. The average Bonchev–Trinajstić information content (AvgIpc) is 3.32. The molecule has 1 aliphatic carbocycles. The van der Waals surface area contributed by atoms with Gasteiger partial charge in [-0.05, 0) is 78.4 Å². The molecule has 6 rings (SSSR count). The third-order valence-electron chi connectivity index (χ3n) is 7.80. The number of hydrogen-bond acceptors (Lipinski definition) is 4. The number of nitrogens with one attached hydrogen (secondary N) is 2. The maximum Gasteiger partial charge on any atom is 0.268 e. The molecule has 1 aliphatic rings. The zero-order valence-corrected chi connectivity index (χ0v) is 22.3. The van der Waals surface area contributed by atoms with Gasteiger partial charge in [-0.1, -0.05) is 54.6 Å². The second kappa shape index (κ2) is 10.9. The molecular formula is C33H33N5O2. The van der Waals surface area contributed by atoms with E-state index in [-0.39, 0.29) is 23.8 Å². The number of nitrogens with two attached hydrogens (primary N) is 2. The third-order valence-corrected chi connectivity index (χ3v) is 7.80. The van der Waals surface area contributed by atoms with Crippen LogP contribution in [0, 0.1) is 5.41 Å². The Hall–Kier alpha value is -4.62. The molecule has 7 nitrogen and oxygen atoms in total. The maximum atomic E-state index is 13.6. The number of rotatable bonds is 7. The molecule has 1 amide bonds. The lowest BCUT2D eigenvalue weighted by Crippen LogP contribution is -2.41. The van der Waals surface area contributed by atoms with Crippen molar-refractivity contribution in [3.05, 3.63) is 108 Å². The average molecular weight is 532 g/mol. The summed E-state index contributed by atoms with van der Waals surface area (Å²) in [4.78, 5) is 13.6. The number of ether oxygens (including phenoxy) is 1. The monoisotopic (exact) mass is 531 g/mol. The van der Waals surface area contributed by atoms with Gasteiger partial charge in [0.2, 0.25) is 0 Å². The van der Waals surface area contributed by atoms with Gasteiger partial charge in [-0.25, -0.2) is 0 Å². The fraction of sp³-hybridized carbons (Fsp3) is 0.212. The number of benzene rings is 4. The van der Waals surface area contributed by atoms with Gasteiger partial charge in [0.25, 0.3) is 5.91 Å². The van der Waals surface area contributed by atoms with Gasteiger partial charge < -0.3 is 26.1 Å². The molecule has 40 heavy (non-hydrogen) atoms. The van der Waals surface area contributed by atoms with Crippen LogP contribution in [0.2, 0.25) is 0 Å². The summed E-state index contributed by atoms with van der Waals surface area (Å²) in [5.74, 6) is 1.45. The number of carbonyl (C=O) groups is 1. The topological polar surface area (TPSA) is 119 Å². The van der Waals surface area contributed by atoms with Gasteiger partial charge in [0.1, 0.15) is 23.0 Å². The molecule has 0 unspecified atom stereocenters. The first-order chi connectivity index (χ1) is 19.4. The zero-order chi connectivity index (χ0) is 27.6. The Morgan fingerprint density at radius 2 is 1.68 bits per heavy atom. The molecule has 0 spiro atoms. The fourth-order valence-corrected chi connectivity index (χ4v) is 5.63. The first-order valence-corrected chi connectivity index (χ1v) is 13.7. The van der Waals surface area contributed by atoms with Gasteiger partial charge in [0, 0.05) is 35.1 Å². The van der Waals surface area contributed by atoms with E-state index < -0.39 is 0 Å². The number of hydrogen-bond donors (Lipinski definition) is 4. The van der Waals surface area contributed by atoms with Crippen molar-refractivity contribution in [3.8, 4) is 11.5 Å². The maximum absolute atomic E-state index is 13.6. The molecule has 7 heteroatoms. The molecule has 0 aliphatic heterocycles. The number of carbonyl (C=O) groups excluding carboxylic acids is 1. The Morgan fingerprint density at radius 1 is 0.875 bits per heavy atom. The molecule has 0 radical (unpaired) electrons. The van der Waals surface area contributed by atoms with Crippen LogP contribution in [0.5, 0.6) is 11.5 Å². The zero-order valence-electron chi connectivity index (χ0n) is 22.3. The highest BCUT2D eigenvalue weighted by atomic mass is 16.5. The van der Waals surface area contributed by atoms with E-state index in [1.807, 2.05) is 77.4 Å². The predicted molar refractivity (Wildman–Crippen MR) is 160 cm³/mol. The van der Waals surface area contributed by atoms with Gasteiger partial charge >= 0.3 is 0 Å². The van der Waals surface area contributed by atoms with E-state index in [2.05, 4.69) is 23.5 Å². The molecule has 1 saturated carbocycles. The van der Waals surface area contributed by atoms with Gasteiger partial charge in [0.05, 0.1) is 0 Å². The normalized spacial score (nSPS) is 17.1. The standard InChI is InChI=1S/C33H33N5O2/c34-25-11-13-26(14-12-25)37-33(39)31-18-22-9-10-23(32(35)36)19-30(22)38(31)20-24-6-4-5-21-17-28(15-16-29(21)24)40-27-7-2-1-3-8-27/h1-10,15-19,25-26H,11-14,20,34H2,(H3,35,36)(H,37,39)/t25-,26-. The number of amidine groups is 1. The van der Waals surface area contributed by atoms with Crippen molar-refractivity contribution in [1.29, 1.82) is 5.41 Å². The number of nitrogen functional groups attached to an aromatic ring is 1. The second-order valence-corrected chi connectivity index (χ2v) is 10.6. The molecule has 0 saturated heterocycles. The highest BCUT2D eigenvalue weighted by Gasteiger charge is 2.23. The minimum Gasteiger partial charge on any atom is -0.457 e. The van der Waals surface area contributed by atoms with Crippen LogP contribution in [0.1, 0.15) is 47.3 Å². The van der Waals surface area contributed by atoms with Crippen molar-refractivity contribution in [2.75, 3.05) is 0 Å². The van der Waals surface area contributed by atoms with Crippen molar-refractivity contribution in [2.24, 2.45) is 11.5 Å². The number of amides is 1. The third kappa shape index (κ3) is 5.28. The summed E-state index contributed by atoms with van der Waals surface area (Å²) >= 11 is 0. The lowest BCUT2D eigenvalue weighted by molar-refractivity contribution is 0.0917. The predicted octanol–water partition coefficient (Wildman–Crippen LogP) is 5.92. The molecule has 6 N–H and O–H groups in total. The molecule has 1 fully saturated rings. The van der Waals surface area contributed by atoms with Crippen molar-refractivity contribution in [1.82, 2.24) is 9.88 Å². The molecule has 0 bridgehead atoms. The van der Waals surface area contributed by atoms with Crippen LogP contribution in [-0.2, 0) is 6.54 Å². The van der Waals surface area contributed by atoms with Crippen molar-refractivity contribution >= 4 is 33.4 Å². The number of para-hydroxylation sites is 1. The van der Waals surface area contributed by atoms with Crippen LogP contribution < -0.4 is 21.5 Å². The van der Waals surface area contributed by atoms with E-state index >= 15 is 0 Å². The SMILES string of the molecule is N=C(N)c1ccc2cc(C(=O)N[C@H]3CC[C@H](N)CC3)n(Cc3cccc4cc(Oc5ccccc5)ccc34)c2c1. The minimum absolute atomic E-state index is 0.00435. The molecular weight excluding hydrogens is 498 g/mol. The largest absolute Gasteiger partial charge is 0.457 e. The van der Waals surface area contributed by atoms with Gasteiger partial charge in [0.15, 0.2) is 0 Å². The molecule has 1 aromatic heterocycles. The van der Waals surface area contributed by atoms with Gasteiger partial charge in [-0.2, -0.15) is 0 Å². The lowest BCUT2D eigenvalue weighted by Gasteiger charge is -2.27. The van der Waals surface area contributed by atoms with E-state index in [9.17, 15) is 4.79 Å². The van der Waals surface area contributed by atoms with Crippen LogP contribution in [0.3, 0.4) is 0 Å². The molecule has 4 aromatic carbocycles. The van der Waals surface area contributed by atoms with Crippen molar-refractivity contribution in [2.45, 2.75) is 44.3 Å². The summed E-state index contributed by atoms with van der Waals surface area (Å²) < 4.78 is 8.09. The highest BCUT2D eigenvalue weighted by molar-refractivity contribution is 6.02. The lowest BCUT2D eigenvalue weighted by atomic mass is 9.92. The van der Waals surface area contributed by atoms with E-state index in [1.165, 1.54) is 0 Å². The summed E-state index contributed by atoms with van der Waals surface area (Å²) in [6.45, 7) is 0.485. The first-order valence-electron chi connectivity index (χ1n) is 13.7. The van der Waals surface area contributed by atoms with Crippen LogP contribution in [0.4, 0.5) is 0 Å². The van der Waals surface area contributed by atoms with Crippen molar-refractivity contribution < 1.29 is 9.53 Å². The summed E-state index contributed by atoms with van der Waals surface area (Å²) in [5.41, 5.74) is 15.1. The number of nitrogens with zero attached hydrogens (tertiary/aromatic N) is 1. The summed E-state index contributed by atoms with van der Waals surface area (Å²) in [7, 11) is 0. The number of aromatic nitrogens is 1. The summed E-state index contributed by atoms with van der Waals surface area (Å²) in [6.07, 6.45) is 3.61. The van der Waals surface area contributed by atoms with Crippen LogP contribution >= 0.6 is 0 Å². The Kier molecular flexibility index (Phi) is 6.97. The number of fused-ring (bicyclic) bond motifs is 2. The quantitative estimate of drug-likeness (QED) is 0.154. The van der Waals surface area contributed by atoms with E-state index in [4.69, 9.17) is 21.6 Å².